The summed E-state index contributed by atoms with van der Waals surface area (Å²) in [5.41, 5.74) is -0.494. The van der Waals surface area contributed by atoms with Crippen molar-refractivity contribution in [3.05, 3.63) is 70.8 Å². The molecule has 0 aliphatic heterocycles. The van der Waals surface area contributed by atoms with Crippen molar-refractivity contribution in [1.82, 2.24) is 20.5 Å². The topological polar surface area (TPSA) is 127 Å². The molecule has 1 amide bonds. The predicted molar refractivity (Wildman–Crippen MR) is 120 cm³/mol. The summed E-state index contributed by atoms with van der Waals surface area (Å²) < 4.78 is 14.2. The van der Waals surface area contributed by atoms with E-state index in [1.54, 1.807) is 24.3 Å². The second-order valence-electron chi connectivity index (χ2n) is 8.52. The summed E-state index contributed by atoms with van der Waals surface area (Å²) in [6, 6.07) is 11.3. The van der Waals surface area contributed by atoms with Gasteiger partial charge in [-0.1, -0.05) is 40.7 Å². The molecule has 3 N–H and O–H groups in total. The number of aliphatic hydroxyl groups is 1. The van der Waals surface area contributed by atoms with Gasteiger partial charge >= 0.3 is 5.97 Å². The number of carbonyl (C=O) groups is 2. The van der Waals surface area contributed by atoms with Crippen molar-refractivity contribution in [2.45, 2.75) is 24.8 Å². The number of hydrogen-bond acceptors (Lipinski definition) is 6. The number of aliphatic hydroxyl groups excluding tert-OH is 1. The average Bonchev–Trinajstić information content (AvgIpc) is 3.28. The summed E-state index contributed by atoms with van der Waals surface area (Å²) in [6.07, 6.45) is 1.65. The van der Waals surface area contributed by atoms with Gasteiger partial charge in [-0.2, -0.15) is 0 Å². The summed E-state index contributed by atoms with van der Waals surface area (Å²) in [7, 11) is 1.37. The van der Waals surface area contributed by atoms with E-state index in [4.69, 9.17) is 16.4 Å². The van der Waals surface area contributed by atoms with Crippen molar-refractivity contribution < 1.29 is 29.0 Å². The van der Waals surface area contributed by atoms with Crippen LogP contribution in [-0.4, -0.2) is 56.5 Å². The molecule has 2 aromatic carbocycles. The first-order valence-corrected chi connectivity index (χ1v) is 10.7. The fourth-order valence-electron chi connectivity index (χ4n) is 4.49. The highest BCUT2D eigenvalue weighted by molar-refractivity contribution is 6.30. The van der Waals surface area contributed by atoms with Gasteiger partial charge in [-0.25, -0.2) is 4.39 Å². The number of aliphatic carboxylic acids is 1. The molecule has 0 unspecified atom stereocenters. The Hall–Kier alpha value is -3.50. The number of carboxylic acid groups (broad SMARTS) is 1. The Morgan fingerprint density at radius 3 is 2.53 bits per heavy atom. The first-order chi connectivity index (χ1) is 16.2. The molecular formula is C23H22ClFN4O5. The SMILES string of the molecule is COn1cc(C(=O)NC2(Cc3ccc(-c4cc(Cl)ccc4F)cc3)CC(CO)(C(=O)O)C2)nn1. The van der Waals surface area contributed by atoms with Crippen LogP contribution in [0.5, 0.6) is 0 Å². The van der Waals surface area contributed by atoms with Gasteiger partial charge in [-0.3, -0.25) is 9.59 Å². The lowest BCUT2D eigenvalue weighted by atomic mass is 9.55. The molecule has 0 radical (unpaired) electrons. The Morgan fingerprint density at radius 2 is 1.94 bits per heavy atom. The van der Waals surface area contributed by atoms with E-state index in [9.17, 15) is 24.2 Å². The third-order valence-electron chi connectivity index (χ3n) is 6.12. The average molecular weight is 489 g/mol. The fourth-order valence-corrected chi connectivity index (χ4v) is 4.66. The van der Waals surface area contributed by atoms with Gasteiger partial charge in [0.25, 0.3) is 5.91 Å². The fraction of sp³-hybridized carbons (Fsp3) is 0.304. The van der Waals surface area contributed by atoms with E-state index in [0.29, 0.717) is 22.6 Å². The lowest BCUT2D eigenvalue weighted by molar-refractivity contribution is -0.165. The lowest BCUT2D eigenvalue weighted by Crippen LogP contribution is -2.66. The van der Waals surface area contributed by atoms with E-state index in [0.717, 1.165) is 10.4 Å². The molecule has 1 saturated carbocycles. The zero-order chi connectivity index (χ0) is 24.5. The zero-order valence-electron chi connectivity index (χ0n) is 18.2. The highest BCUT2D eigenvalue weighted by Gasteiger charge is 2.59. The van der Waals surface area contributed by atoms with E-state index >= 15 is 0 Å². The maximum Gasteiger partial charge on any atom is 0.312 e. The standard InChI is InChI=1S/C23H22ClFN4O5/c1-34-29-10-19(27-28-29)20(31)26-23(11-22(12-23,13-30)21(32)33)9-14-2-4-15(5-3-14)17-8-16(24)6-7-18(17)25/h2-8,10,30H,9,11-13H2,1H3,(H,26,31)(H,32,33). The molecule has 1 heterocycles. The van der Waals surface area contributed by atoms with Gasteiger partial charge in [0, 0.05) is 16.1 Å². The second kappa shape index (κ2) is 9.03. The maximum atomic E-state index is 14.2. The normalized spacial score (nSPS) is 21.5. The van der Waals surface area contributed by atoms with Crippen molar-refractivity contribution in [2.24, 2.45) is 5.41 Å². The number of carboxylic acids is 1. The van der Waals surface area contributed by atoms with Crippen LogP contribution in [0.4, 0.5) is 4.39 Å². The van der Waals surface area contributed by atoms with Gasteiger partial charge in [0.05, 0.1) is 12.0 Å². The molecular weight excluding hydrogens is 467 g/mol. The third kappa shape index (κ3) is 4.46. The first kappa shape index (κ1) is 23.7. The minimum Gasteiger partial charge on any atom is -0.481 e. The van der Waals surface area contributed by atoms with Crippen LogP contribution in [0.1, 0.15) is 28.9 Å². The first-order valence-electron chi connectivity index (χ1n) is 10.4. The van der Waals surface area contributed by atoms with Crippen LogP contribution < -0.4 is 10.2 Å². The van der Waals surface area contributed by atoms with Crippen molar-refractivity contribution in [3.63, 3.8) is 0 Å². The molecule has 0 atom stereocenters. The number of nitrogens with one attached hydrogen (secondary N) is 1. The van der Waals surface area contributed by atoms with E-state index < -0.39 is 35.3 Å². The lowest BCUT2D eigenvalue weighted by Gasteiger charge is -2.53. The number of amides is 1. The summed E-state index contributed by atoms with van der Waals surface area (Å²) in [4.78, 5) is 30.5. The summed E-state index contributed by atoms with van der Waals surface area (Å²) >= 11 is 5.99. The van der Waals surface area contributed by atoms with Crippen molar-refractivity contribution in [1.29, 1.82) is 0 Å². The van der Waals surface area contributed by atoms with Gasteiger partial charge in [-0.15, -0.1) is 5.10 Å². The second-order valence-corrected chi connectivity index (χ2v) is 8.95. The molecule has 1 aromatic heterocycles. The molecule has 34 heavy (non-hydrogen) atoms. The van der Waals surface area contributed by atoms with Gasteiger partial charge in [0.2, 0.25) is 0 Å². The minimum absolute atomic E-state index is 0.00447. The van der Waals surface area contributed by atoms with Crippen LogP contribution in [0.25, 0.3) is 11.1 Å². The van der Waals surface area contributed by atoms with Gasteiger partial charge in [-0.05, 0) is 53.8 Å². The quantitative estimate of drug-likeness (QED) is 0.444. The number of rotatable bonds is 8. The highest BCUT2D eigenvalue weighted by Crippen LogP contribution is 2.50. The van der Waals surface area contributed by atoms with Crippen LogP contribution in [-0.2, 0) is 11.2 Å². The van der Waals surface area contributed by atoms with Gasteiger partial charge in [0.1, 0.15) is 19.1 Å². The Balaban J connectivity index is 1.58. The third-order valence-corrected chi connectivity index (χ3v) is 6.35. The van der Waals surface area contributed by atoms with E-state index in [1.807, 2.05) is 0 Å². The van der Waals surface area contributed by atoms with E-state index in [1.165, 1.54) is 31.5 Å². The van der Waals surface area contributed by atoms with Crippen molar-refractivity contribution in [2.75, 3.05) is 13.7 Å². The smallest absolute Gasteiger partial charge is 0.312 e. The highest BCUT2D eigenvalue weighted by atomic mass is 35.5. The number of nitrogens with zero attached hydrogens (tertiary/aromatic N) is 3. The largest absolute Gasteiger partial charge is 0.481 e. The molecule has 0 bridgehead atoms. The molecule has 9 nitrogen and oxygen atoms in total. The van der Waals surface area contributed by atoms with Crippen LogP contribution >= 0.6 is 11.6 Å². The molecule has 11 heteroatoms. The molecule has 3 aromatic rings. The van der Waals surface area contributed by atoms with Crippen LogP contribution in [0.3, 0.4) is 0 Å². The molecule has 1 aliphatic carbocycles. The Bertz CT molecular complexity index is 1220. The molecule has 1 aliphatic rings. The monoisotopic (exact) mass is 488 g/mol. The minimum atomic E-state index is -1.35. The molecule has 4 rings (SSSR count). The van der Waals surface area contributed by atoms with Gasteiger partial charge < -0.3 is 20.4 Å². The summed E-state index contributed by atoms with van der Waals surface area (Å²) in [5.74, 6) is -2.08. The molecule has 178 valence electrons. The van der Waals surface area contributed by atoms with Crippen molar-refractivity contribution >= 4 is 23.5 Å². The number of benzene rings is 2. The Kier molecular flexibility index (Phi) is 6.28. The molecule has 0 spiro atoms. The number of aromatic nitrogens is 3. The molecule has 0 saturated heterocycles. The van der Waals surface area contributed by atoms with Crippen LogP contribution in [0, 0.1) is 11.2 Å². The van der Waals surface area contributed by atoms with Gasteiger partial charge in [0.15, 0.2) is 5.69 Å². The van der Waals surface area contributed by atoms with Crippen LogP contribution in [0.15, 0.2) is 48.7 Å². The number of carbonyl (C=O) groups excluding carboxylic acids is 1. The van der Waals surface area contributed by atoms with Crippen molar-refractivity contribution in [3.8, 4) is 11.1 Å². The maximum absolute atomic E-state index is 14.2. The molecule has 1 fully saturated rings. The zero-order valence-corrected chi connectivity index (χ0v) is 18.9. The van der Waals surface area contributed by atoms with E-state index in [-0.39, 0.29) is 18.5 Å². The van der Waals surface area contributed by atoms with E-state index in [2.05, 4.69) is 15.6 Å². The number of hydrogen-bond donors (Lipinski definition) is 3. The summed E-state index contributed by atoms with van der Waals surface area (Å²) in [6.45, 7) is -0.549. The predicted octanol–water partition coefficient (Wildman–Crippen LogP) is 2.36. The number of halogens is 2. The summed E-state index contributed by atoms with van der Waals surface area (Å²) in [5, 5.41) is 30.0. The Morgan fingerprint density at radius 1 is 1.24 bits per heavy atom. The van der Waals surface area contributed by atoms with Crippen LogP contribution in [0.2, 0.25) is 5.02 Å². The Labute approximate surface area is 199 Å².